The van der Waals surface area contributed by atoms with Crippen LogP contribution >= 0.6 is 27.3 Å². The molecule has 0 bridgehead atoms. The molecule has 0 radical (unpaired) electrons. The van der Waals surface area contributed by atoms with Gasteiger partial charge in [0.2, 0.25) is 0 Å². The first-order valence-corrected chi connectivity index (χ1v) is 11.0. The predicted octanol–water partition coefficient (Wildman–Crippen LogP) is 3.32. The van der Waals surface area contributed by atoms with Crippen LogP contribution in [-0.2, 0) is 16.9 Å². The number of sulfone groups is 1. The van der Waals surface area contributed by atoms with Crippen molar-refractivity contribution in [2.75, 3.05) is 6.26 Å². The number of aromatic nitrogens is 5. The fourth-order valence-corrected chi connectivity index (χ4v) is 4.76. The Kier molecular flexibility index (Phi) is 4.13. The average Bonchev–Trinajstić information content (AvgIpc) is 3.15. The summed E-state index contributed by atoms with van der Waals surface area (Å²) >= 11 is 4.77. The molecule has 0 atom stereocenters. The summed E-state index contributed by atoms with van der Waals surface area (Å²) in [6.07, 6.45) is 2.36. The van der Waals surface area contributed by atoms with Gasteiger partial charge in [-0.25, -0.2) is 28.4 Å². The maximum absolute atomic E-state index is 12.0. The second kappa shape index (κ2) is 6.22. The van der Waals surface area contributed by atoms with Crippen molar-refractivity contribution in [3.63, 3.8) is 0 Å². The minimum atomic E-state index is -3.50. The molecular formula is C16H12BrN5O2S2. The van der Waals surface area contributed by atoms with Gasteiger partial charge in [-0.3, -0.25) is 0 Å². The summed E-state index contributed by atoms with van der Waals surface area (Å²) in [5.41, 5.74) is 2.77. The number of imidazole rings is 1. The van der Waals surface area contributed by atoms with E-state index in [1.807, 2.05) is 41.9 Å². The topological polar surface area (TPSA) is 90.6 Å². The van der Waals surface area contributed by atoms with Gasteiger partial charge in [0.15, 0.2) is 19.6 Å². The molecule has 0 saturated heterocycles. The molecule has 10 heteroatoms. The van der Waals surface area contributed by atoms with Gasteiger partial charge in [-0.05, 0) is 15.9 Å². The fraction of sp³-hybridized carbons (Fsp3) is 0.125. The molecule has 0 aliphatic heterocycles. The maximum Gasteiger partial charge on any atom is 0.195 e. The molecule has 3 aromatic heterocycles. The Labute approximate surface area is 161 Å². The lowest BCUT2D eigenvalue weighted by molar-refractivity contribution is 0.599. The number of hydrogen-bond acceptors (Lipinski definition) is 7. The molecule has 1 aromatic carbocycles. The molecular weight excluding hydrogens is 438 g/mol. The van der Waals surface area contributed by atoms with E-state index in [1.165, 1.54) is 17.7 Å². The van der Waals surface area contributed by atoms with E-state index in [9.17, 15) is 8.42 Å². The van der Waals surface area contributed by atoms with Crippen molar-refractivity contribution >= 4 is 47.5 Å². The van der Waals surface area contributed by atoms with Gasteiger partial charge in [-0.15, -0.1) is 0 Å². The van der Waals surface area contributed by atoms with Crippen LogP contribution in [0.5, 0.6) is 0 Å². The Morgan fingerprint density at radius 2 is 1.85 bits per heavy atom. The first-order valence-electron chi connectivity index (χ1n) is 7.46. The lowest BCUT2D eigenvalue weighted by atomic mass is 10.1. The molecule has 3 heterocycles. The van der Waals surface area contributed by atoms with Crippen LogP contribution in [0.25, 0.3) is 32.3 Å². The zero-order valence-electron chi connectivity index (χ0n) is 13.7. The van der Waals surface area contributed by atoms with Crippen LogP contribution in [0, 0.1) is 0 Å². The van der Waals surface area contributed by atoms with E-state index in [2.05, 4.69) is 35.9 Å². The van der Waals surface area contributed by atoms with E-state index < -0.39 is 9.84 Å². The molecule has 0 saturated carbocycles. The Hall–Kier alpha value is -2.17. The molecule has 4 aromatic rings. The second-order valence-electron chi connectivity index (χ2n) is 5.63. The van der Waals surface area contributed by atoms with Gasteiger partial charge in [0.25, 0.3) is 0 Å². The van der Waals surface area contributed by atoms with Gasteiger partial charge >= 0.3 is 0 Å². The number of fused-ring (bicyclic) bond motifs is 1. The second-order valence-corrected chi connectivity index (χ2v) is 9.24. The molecule has 0 amide bonds. The number of rotatable bonds is 3. The van der Waals surface area contributed by atoms with Crippen LogP contribution in [0.3, 0.4) is 0 Å². The van der Waals surface area contributed by atoms with E-state index >= 15 is 0 Å². The zero-order chi connectivity index (χ0) is 18.5. The Morgan fingerprint density at radius 1 is 1.12 bits per heavy atom. The molecule has 0 fully saturated rings. The summed E-state index contributed by atoms with van der Waals surface area (Å²) in [6.45, 7) is 0. The molecule has 0 spiro atoms. The summed E-state index contributed by atoms with van der Waals surface area (Å²) in [7, 11) is -1.63. The smallest absolute Gasteiger partial charge is 0.195 e. The highest BCUT2D eigenvalue weighted by molar-refractivity contribution is 9.10. The van der Waals surface area contributed by atoms with Gasteiger partial charge in [0.05, 0.1) is 0 Å². The number of benzene rings is 1. The van der Waals surface area contributed by atoms with Crippen molar-refractivity contribution in [3.05, 3.63) is 41.4 Å². The fourth-order valence-electron chi connectivity index (χ4n) is 2.62. The Morgan fingerprint density at radius 3 is 2.54 bits per heavy atom. The third kappa shape index (κ3) is 2.83. The number of halogens is 1. The van der Waals surface area contributed by atoms with Gasteiger partial charge in [0, 0.05) is 18.9 Å². The largest absolute Gasteiger partial charge is 0.319 e. The van der Waals surface area contributed by atoms with Gasteiger partial charge in [0.1, 0.15) is 33.1 Å². The quantitative estimate of drug-likeness (QED) is 0.445. The highest BCUT2D eigenvalue weighted by atomic mass is 79.9. The van der Waals surface area contributed by atoms with Gasteiger partial charge in [-0.1, -0.05) is 41.7 Å². The lowest BCUT2D eigenvalue weighted by Gasteiger charge is -2.03. The summed E-state index contributed by atoms with van der Waals surface area (Å²) < 4.78 is 26.5. The van der Waals surface area contributed by atoms with Crippen molar-refractivity contribution < 1.29 is 8.42 Å². The van der Waals surface area contributed by atoms with E-state index in [0.29, 0.717) is 14.6 Å². The lowest BCUT2D eigenvalue weighted by Crippen LogP contribution is -2.02. The summed E-state index contributed by atoms with van der Waals surface area (Å²) in [5.74, 6) is 0. The van der Waals surface area contributed by atoms with E-state index in [1.54, 1.807) is 0 Å². The van der Waals surface area contributed by atoms with Crippen molar-refractivity contribution in [2.24, 2.45) is 7.05 Å². The predicted molar refractivity (Wildman–Crippen MR) is 104 cm³/mol. The molecule has 26 heavy (non-hydrogen) atoms. The summed E-state index contributed by atoms with van der Waals surface area (Å²) in [6, 6.07) is 9.74. The molecule has 0 N–H and O–H groups in total. The highest BCUT2D eigenvalue weighted by Crippen LogP contribution is 2.38. The minimum Gasteiger partial charge on any atom is -0.319 e. The van der Waals surface area contributed by atoms with Crippen LogP contribution in [-0.4, -0.2) is 39.2 Å². The number of thiazole rings is 1. The van der Waals surface area contributed by atoms with Crippen LogP contribution in [0.1, 0.15) is 0 Å². The van der Waals surface area contributed by atoms with Crippen molar-refractivity contribution in [3.8, 4) is 22.0 Å². The molecule has 132 valence electrons. The third-order valence-corrected chi connectivity index (χ3v) is 6.48. The standard InChI is InChI=1S/C16H12BrN5O2S2/c1-22-12(10(21-16(22)17)9-6-4-3-5-7-9)14-20-11-13(25-14)18-8-19-15(11)26(2,23)24/h3-8H,1-2H3. The van der Waals surface area contributed by atoms with E-state index in [-0.39, 0.29) is 10.5 Å². The Bertz CT molecular complexity index is 1230. The SMILES string of the molecule is Cn1c(Br)nc(-c2ccccc2)c1-c1nc2c(S(C)(=O)=O)ncnc2s1. The van der Waals surface area contributed by atoms with E-state index in [0.717, 1.165) is 23.2 Å². The minimum absolute atomic E-state index is 0.0625. The van der Waals surface area contributed by atoms with Crippen LogP contribution in [0.2, 0.25) is 0 Å². The Balaban J connectivity index is 2.00. The van der Waals surface area contributed by atoms with Crippen LogP contribution in [0.15, 0.2) is 46.4 Å². The zero-order valence-corrected chi connectivity index (χ0v) is 16.9. The number of hydrogen-bond donors (Lipinski definition) is 0. The van der Waals surface area contributed by atoms with Gasteiger partial charge < -0.3 is 4.57 Å². The van der Waals surface area contributed by atoms with Crippen molar-refractivity contribution in [2.45, 2.75) is 5.03 Å². The first kappa shape index (κ1) is 17.3. The monoisotopic (exact) mass is 449 g/mol. The normalized spacial score (nSPS) is 12.0. The molecule has 7 nitrogen and oxygen atoms in total. The van der Waals surface area contributed by atoms with Crippen LogP contribution in [0.4, 0.5) is 0 Å². The van der Waals surface area contributed by atoms with E-state index in [4.69, 9.17) is 0 Å². The molecule has 4 rings (SSSR count). The highest BCUT2D eigenvalue weighted by Gasteiger charge is 2.23. The number of nitrogens with zero attached hydrogens (tertiary/aromatic N) is 5. The molecule has 0 aliphatic rings. The first-order chi connectivity index (χ1) is 12.4. The van der Waals surface area contributed by atoms with Crippen molar-refractivity contribution in [1.82, 2.24) is 24.5 Å². The van der Waals surface area contributed by atoms with Crippen LogP contribution < -0.4 is 0 Å². The van der Waals surface area contributed by atoms with Gasteiger partial charge in [-0.2, -0.15) is 0 Å². The summed E-state index contributed by atoms with van der Waals surface area (Å²) in [5, 5.41) is 0.567. The molecule has 0 unspecified atom stereocenters. The van der Waals surface area contributed by atoms with Crippen molar-refractivity contribution in [1.29, 1.82) is 0 Å². The third-order valence-electron chi connectivity index (χ3n) is 3.80. The molecule has 0 aliphatic carbocycles. The maximum atomic E-state index is 12.0. The average molecular weight is 450 g/mol. The summed E-state index contributed by atoms with van der Waals surface area (Å²) in [4.78, 5) is 17.7.